The van der Waals surface area contributed by atoms with Crippen LogP contribution in [0.1, 0.15) is 31.9 Å². The molecule has 0 saturated heterocycles. The van der Waals surface area contributed by atoms with E-state index in [-0.39, 0.29) is 12.4 Å². The molecule has 0 bridgehead atoms. The Morgan fingerprint density at radius 3 is 2.23 bits per heavy atom. The van der Waals surface area contributed by atoms with Crippen LogP contribution < -0.4 is 4.74 Å². The maximum Gasteiger partial charge on any atom is 0.337 e. The molecule has 9 heteroatoms. The second-order valence-electron chi connectivity index (χ2n) is 5.06. The summed E-state index contributed by atoms with van der Waals surface area (Å²) in [5, 5.41) is 0. The lowest BCUT2D eigenvalue weighted by molar-refractivity contribution is -0.148. The molecule has 144 valence electrons. The first-order chi connectivity index (χ1) is 12.2. The van der Waals surface area contributed by atoms with Gasteiger partial charge in [-0.1, -0.05) is 6.58 Å². The van der Waals surface area contributed by atoms with E-state index in [9.17, 15) is 27.2 Å². The monoisotopic (exact) mass is 378 g/mol. The minimum Gasteiger partial charge on any atom is -0.493 e. The van der Waals surface area contributed by atoms with E-state index in [1.807, 2.05) is 0 Å². The number of halogens is 4. The summed E-state index contributed by atoms with van der Waals surface area (Å²) in [7, 11) is 0. The van der Waals surface area contributed by atoms with Gasteiger partial charge in [0.25, 0.3) is 0 Å². The molecule has 0 radical (unpaired) electrons. The van der Waals surface area contributed by atoms with Gasteiger partial charge in [-0.15, -0.1) is 0 Å². The smallest absolute Gasteiger partial charge is 0.337 e. The van der Waals surface area contributed by atoms with Crippen LogP contribution in [-0.4, -0.2) is 31.6 Å². The van der Waals surface area contributed by atoms with E-state index in [0.29, 0.717) is 0 Å². The molecule has 0 aliphatic heterocycles. The van der Waals surface area contributed by atoms with Gasteiger partial charge < -0.3 is 14.2 Å². The topological polar surface area (TPSA) is 61.8 Å². The van der Waals surface area contributed by atoms with Crippen LogP contribution >= 0.6 is 0 Å². The van der Waals surface area contributed by atoms with Crippen LogP contribution in [0.4, 0.5) is 17.6 Å². The molecule has 0 fully saturated rings. The lowest BCUT2D eigenvalue weighted by Gasteiger charge is -2.20. The van der Waals surface area contributed by atoms with Crippen molar-refractivity contribution < 1.29 is 41.4 Å². The van der Waals surface area contributed by atoms with Crippen LogP contribution in [0.3, 0.4) is 0 Å². The molecule has 1 aromatic rings. The molecule has 5 nitrogen and oxygen atoms in total. The average molecular weight is 378 g/mol. The van der Waals surface area contributed by atoms with Gasteiger partial charge in [0.1, 0.15) is 17.4 Å². The highest BCUT2D eigenvalue weighted by atomic mass is 19.3. The van der Waals surface area contributed by atoms with Gasteiger partial charge in [-0.2, -0.15) is 0 Å². The largest absolute Gasteiger partial charge is 0.493 e. The fraction of sp³-hybridized carbons (Fsp3) is 0.412. The predicted octanol–water partition coefficient (Wildman–Crippen LogP) is 3.72. The quantitative estimate of drug-likeness (QED) is 0.372. The van der Waals surface area contributed by atoms with E-state index in [4.69, 9.17) is 14.2 Å². The standard InChI is InChI=1S/C17H18F4O5/c1-4-24-17(23)9(2)16(26-10(3)22)15-12(18)7-11(8-13(15)19)25-6-5-14(20)21/h7-8,14,16H,2,4-6H2,1,3H3/t16-/m1/s1. The van der Waals surface area contributed by atoms with Crippen molar-refractivity contribution in [2.45, 2.75) is 32.8 Å². The van der Waals surface area contributed by atoms with Gasteiger partial charge in [0, 0.05) is 25.5 Å². The number of esters is 2. The van der Waals surface area contributed by atoms with Crippen molar-refractivity contribution in [3.05, 3.63) is 41.5 Å². The molecule has 0 aliphatic rings. The summed E-state index contributed by atoms with van der Waals surface area (Å²) in [6.45, 7) is 5.41. The van der Waals surface area contributed by atoms with Crippen LogP contribution in [-0.2, 0) is 19.1 Å². The third kappa shape index (κ3) is 6.05. The number of hydrogen-bond donors (Lipinski definition) is 0. The van der Waals surface area contributed by atoms with Crippen LogP contribution in [0, 0.1) is 11.6 Å². The van der Waals surface area contributed by atoms with Crippen molar-refractivity contribution in [1.29, 1.82) is 0 Å². The molecule has 0 saturated carbocycles. The van der Waals surface area contributed by atoms with Gasteiger partial charge in [-0.25, -0.2) is 22.4 Å². The maximum absolute atomic E-state index is 14.4. The molecule has 0 spiro atoms. The van der Waals surface area contributed by atoms with Crippen molar-refractivity contribution in [3.63, 3.8) is 0 Å². The SMILES string of the molecule is C=C(C(=O)OCC)[C@@H](OC(C)=O)c1c(F)cc(OCCC(F)F)cc1F. The first kappa shape index (κ1) is 21.5. The summed E-state index contributed by atoms with van der Waals surface area (Å²) in [5.41, 5.74) is -1.23. The number of hydrogen-bond acceptors (Lipinski definition) is 5. The second kappa shape index (κ2) is 9.79. The Hall–Kier alpha value is -2.58. The number of benzene rings is 1. The summed E-state index contributed by atoms with van der Waals surface area (Å²) in [6, 6.07) is 1.47. The van der Waals surface area contributed by atoms with E-state index >= 15 is 0 Å². The third-order valence-electron chi connectivity index (χ3n) is 3.06. The molecular weight excluding hydrogens is 360 g/mol. The van der Waals surface area contributed by atoms with E-state index in [1.54, 1.807) is 0 Å². The Morgan fingerprint density at radius 1 is 1.19 bits per heavy atom. The third-order valence-corrected chi connectivity index (χ3v) is 3.06. The van der Waals surface area contributed by atoms with E-state index in [1.165, 1.54) is 6.92 Å². The minimum absolute atomic E-state index is 0.0213. The summed E-state index contributed by atoms with van der Waals surface area (Å²) in [6.07, 6.45) is -4.98. The normalized spacial score (nSPS) is 11.8. The van der Waals surface area contributed by atoms with Gasteiger partial charge in [-0.05, 0) is 6.92 Å². The zero-order valence-electron chi connectivity index (χ0n) is 14.2. The summed E-state index contributed by atoms with van der Waals surface area (Å²) >= 11 is 0. The van der Waals surface area contributed by atoms with Crippen molar-refractivity contribution in [2.24, 2.45) is 0 Å². The number of ether oxygens (including phenoxy) is 3. The maximum atomic E-state index is 14.4. The molecule has 1 atom stereocenters. The Kier molecular flexibility index (Phi) is 8.08. The van der Waals surface area contributed by atoms with Gasteiger partial charge in [-0.3, -0.25) is 4.79 Å². The second-order valence-corrected chi connectivity index (χ2v) is 5.06. The van der Waals surface area contributed by atoms with E-state index in [2.05, 4.69) is 6.58 Å². The Bertz CT molecular complexity index is 652. The van der Waals surface area contributed by atoms with Gasteiger partial charge in [0.05, 0.1) is 24.4 Å². The van der Waals surface area contributed by atoms with Crippen LogP contribution in [0.5, 0.6) is 5.75 Å². The summed E-state index contributed by atoms with van der Waals surface area (Å²) in [5.74, 6) is -4.62. The average Bonchev–Trinajstić information content (AvgIpc) is 2.52. The lowest BCUT2D eigenvalue weighted by Crippen LogP contribution is -2.20. The number of rotatable bonds is 9. The molecule has 0 heterocycles. The Balaban J connectivity index is 3.15. The predicted molar refractivity (Wildman–Crippen MR) is 82.8 cm³/mol. The van der Waals surface area contributed by atoms with Gasteiger partial charge in [0.15, 0.2) is 6.10 Å². The van der Waals surface area contributed by atoms with Crippen LogP contribution in [0.25, 0.3) is 0 Å². The molecule has 1 aromatic carbocycles. The van der Waals surface area contributed by atoms with Crippen molar-refractivity contribution in [3.8, 4) is 5.75 Å². The molecule has 0 unspecified atom stereocenters. The highest BCUT2D eigenvalue weighted by Gasteiger charge is 2.31. The first-order valence-electron chi connectivity index (χ1n) is 7.60. The molecule has 0 aromatic heterocycles. The van der Waals surface area contributed by atoms with Crippen LogP contribution in [0.2, 0.25) is 0 Å². The minimum atomic E-state index is -2.62. The van der Waals surface area contributed by atoms with Gasteiger partial charge in [0.2, 0.25) is 6.43 Å². The highest BCUT2D eigenvalue weighted by molar-refractivity contribution is 5.89. The molecule has 0 aliphatic carbocycles. The summed E-state index contributed by atoms with van der Waals surface area (Å²) < 4.78 is 67.3. The van der Waals surface area contributed by atoms with Crippen molar-refractivity contribution >= 4 is 11.9 Å². The van der Waals surface area contributed by atoms with E-state index in [0.717, 1.165) is 19.1 Å². The zero-order valence-corrected chi connectivity index (χ0v) is 14.2. The number of alkyl halides is 2. The highest BCUT2D eigenvalue weighted by Crippen LogP contribution is 2.33. The lowest BCUT2D eigenvalue weighted by atomic mass is 10.0. The molecule has 0 N–H and O–H groups in total. The van der Waals surface area contributed by atoms with Crippen molar-refractivity contribution in [1.82, 2.24) is 0 Å². The molecule has 26 heavy (non-hydrogen) atoms. The first-order valence-corrected chi connectivity index (χ1v) is 7.60. The molecule has 1 rings (SSSR count). The fourth-order valence-electron chi connectivity index (χ4n) is 1.96. The Morgan fingerprint density at radius 2 is 1.77 bits per heavy atom. The van der Waals surface area contributed by atoms with Gasteiger partial charge >= 0.3 is 11.9 Å². The Labute approximate surface area is 147 Å². The number of carbonyl (C=O) groups excluding carboxylic acids is 2. The summed E-state index contributed by atoms with van der Waals surface area (Å²) in [4.78, 5) is 23.0. The van der Waals surface area contributed by atoms with Crippen molar-refractivity contribution in [2.75, 3.05) is 13.2 Å². The zero-order chi connectivity index (χ0) is 19.9. The van der Waals surface area contributed by atoms with E-state index < -0.39 is 60.3 Å². The molecule has 0 amide bonds. The number of carbonyl (C=O) groups is 2. The van der Waals surface area contributed by atoms with Crippen LogP contribution in [0.15, 0.2) is 24.3 Å². The fourth-order valence-corrected chi connectivity index (χ4v) is 1.96. The molecular formula is C17H18F4O5.